The second kappa shape index (κ2) is 5.92. The largest absolute Gasteiger partial charge is 0.496 e. The molecule has 0 bridgehead atoms. The van der Waals surface area contributed by atoms with Gasteiger partial charge in [0.1, 0.15) is 12.0 Å². The third kappa shape index (κ3) is 2.78. The van der Waals surface area contributed by atoms with Crippen LogP contribution in [0.3, 0.4) is 0 Å². The fraction of sp³-hybridized carbons (Fsp3) is 0.118. The number of nitro groups is 1. The molecule has 6 heteroatoms. The first-order chi connectivity index (χ1) is 11.1. The maximum absolute atomic E-state index is 10.9. The first-order valence-corrected chi connectivity index (χ1v) is 6.99. The standard InChI is InChI=1S/C17H14N2O4/c1-23-17-6-11(10-20)2-3-12(17)7-13-9-18-16-5-4-14(19(21)22)8-15(13)16/h2-6,8-10,18H,7H2,1H3. The van der Waals surface area contributed by atoms with E-state index in [4.69, 9.17) is 4.74 Å². The fourth-order valence-corrected chi connectivity index (χ4v) is 2.61. The van der Waals surface area contributed by atoms with Crippen molar-refractivity contribution in [1.29, 1.82) is 0 Å². The zero-order valence-electron chi connectivity index (χ0n) is 12.4. The highest BCUT2D eigenvalue weighted by Crippen LogP contribution is 2.28. The normalized spacial score (nSPS) is 10.7. The summed E-state index contributed by atoms with van der Waals surface area (Å²) in [6.07, 6.45) is 3.15. The number of nitro benzene ring substituents is 1. The van der Waals surface area contributed by atoms with Crippen molar-refractivity contribution in [2.75, 3.05) is 7.11 Å². The monoisotopic (exact) mass is 310 g/mol. The second-order valence-electron chi connectivity index (χ2n) is 5.17. The number of ether oxygens (including phenoxy) is 1. The van der Waals surface area contributed by atoms with Crippen molar-refractivity contribution < 1.29 is 14.5 Å². The van der Waals surface area contributed by atoms with Gasteiger partial charge in [-0.05, 0) is 23.3 Å². The highest BCUT2D eigenvalue weighted by atomic mass is 16.6. The summed E-state index contributed by atoms with van der Waals surface area (Å²) in [5, 5.41) is 11.8. The molecule has 116 valence electrons. The van der Waals surface area contributed by atoms with Crippen molar-refractivity contribution in [3.8, 4) is 5.75 Å². The molecule has 3 aromatic rings. The lowest BCUT2D eigenvalue weighted by molar-refractivity contribution is -0.384. The Morgan fingerprint density at radius 3 is 2.74 bits per heavy atom. The van der Waals surface area contributed by atoms with Crippen molar-refractivity contribution >= 4 is 22.9 Å². The van der Waals surface area contributed by atoms with Crippen LogP contribution in [-0.2, 0) is 6.42 Å². The van der Waals surface area contributed by atoms with Gasteiger partial charge in [-0.3, -0.25) is 14.9 Å². The minimum Gasteiger partial charge on any atom is -0.496 e. The summed E-state index contributed by atoms with van der Waals surface area (Å²) in [4.78, 5) is 24.5. The van der Waals surface area contributed by atoms with E-state index in [1.807, 2.05) is 12.3 Å². The van der Waals surface area contributed by atoms with Crippen molar-refractivity contribution in [2.24, 2.45) is 0 Å². The van der Waals surface area contributed by atoms with E-state index in [1.165, 1.54) is 6.07 Å². The molecule has 0 fully saturated rings. The molecule has 6 nitrogen and oxygen atoms in total. The Kier molecular flexibility index (Phi) is 3.80. The van der Waals surface area contributed by atoms with Gasteiger partial charge in [0.15, 0.2) is 0 Å². The Labute approximate surface area is 131 Å². The molecule has 23 heavy (non-hydrogen) atoms. The van der Waals surface area contributed by atoms with Crippen molar-refractivity contribution in [3.63, 3.8) is 0 Å². The smallest absolute Gasteiger partial charge is 0.270 e. The number of aromatic nitrogens is 1. The van der Waals surface area contributed by atoms with Gasteiger partial charge in [-0.25, -0.2) is 0 Å². The summed E-state index contributed by atoms with van der Waals surface area (Å²) in [5.74, 6) is 0.620. The average molecular weight is 310 g/mol. The van der Waals surface area contributed by atoms with Crippen molar-refractivity contribution in [2.45, 2.75) is 6.42 Å². The number of H-pyrrole nitrogens is 1. The maximum atomic E-state index is 10.9. The molecule has 0 radical (unpaired) electrons. The summed E-state index contributed by atoms with van der Waals surface area (Å²) in [7, 11) is 1.55. The minimum atomic E-state index is -0.407. The summed E-state index contributed by atoms with van der Waals surface area (Å²) >= 11 is 0. The number of rotatable bonds is 5. The van der Waals surface area contributed by atoms with Gasteiger partial charge in [0.05, 0.1) is 12.0 Å². The molecule has 0 aliphatic heterocycles. The number of aldehydes is 1. The second-order valence-corrected chi connectivity index (χ2v) is 5.17. The molecule has 0 unspecified atom stereocenters. The van der Waals surface area contributed by atoms with Crippen LogP contribution in [0.1, 0.15) is 21.5 Å². The molecule has 0 atom stereocenters. The van der Waals surface area contributed by atoms with Crippen LogP contribution in [0.15, 0.2) is 42.6 Å². The first-order valence-electron chi connectivity index (χ1n) is 6.99. The van der Waals surface area contributed by atoms with Crippen LogP contribution < -0.4 is 4.74 Å². The van der Waals surface area contributed by atoms with Gasteiger partial charge >= 0.3 is 0 Å². The molecule has 0 amide bonds. The summed E-state index contributed by atoms with van der Waals surface area (Å²) in [6, 6.07) is 9.97. The third-order valence-electron chi connectivity index (χ3n) is 3.79. The number of non-ortho nitro benzene ring substituents is 1. The number of carbonyl (C=O) groups excluding carboxylic acids is 1. The lowest BCUT2D eigenvalue weighted by Crippen LogP contribution is -1.95. The zero-order valence-corrected chi connectivity index (χ0v) is 12.4. The number of hydrogen-bond donors (Lipinski definition) is 1. The Balaban J connectivity index is 2.03. The molecular weight excluding hydrogens is 296 g/mol. The predicted octanol–water partition coefficient (Wildman–Crippen LogP) is 3.49. The maximum Gasteiger partial charge on any atom is 0.270 e. The SMILES string of the molecule is COc1cc(C=O)ccc1Cc1c[nH]c2ccc([N+](=O)[O-])cc12. The molecule has 0 aliphatic rings. The molecule has 3 rings (SSSR count). The van der Waals surface area contributed by atoms with E-state index in [0.717, 1.165) is 28.3 Å². The Morgan fingerprint density at radius 2 is 2.04 bits per heavy atom. The number of nitrogens with zero attached hydrogens (tertiary/aromatic N) is 1. The van der Waals surface area contributed by atoms with Gasteiger partial charge in [-0.15, -0.1) is 0 Å². The quantitative estimate of drug-likeness (QED) is 0.444. The first kappa shape index (κ1) is 14.8. The number of fused-ring (bicyclic) bond motifs is 1. The van der Waals surface area contributed by atoms with Gasteiger partial charge in [0.25, 0.3) is 5.69 Å². The lowest BCUT2D eigenvalue weighted by atomic mass is 10.0. The van der Waals surface area contributed by atoms with Crippen molar-refractivity contribution in [3.05, 3.63) is 69.4 Å². The molecular formula is C17H14N2O4. The predicted molar refractivity (Wildman–Crippen MR) is 86.1 cm³/mol. The summed E-state index contributed by atoms with van der Waals surface area (Å²) in [5.41, 5.74) is 3.28. The Morgan fingerprint density at radius 1 is 1.22 bits per heavy atom. The van der Waals surface area contributed by atoms with Crippen LogP contribution >= 0.6 is 0 Å². The van der Waals surface area contributed by atoms with Crippen LogP contribution in [0.25, 0.3) is 10.9 Å². The van der Waals surface area contributed by atoms with E-state index in [2.05, 4.69) is 4.98 Å². The number of methoxy groups -OCH3 is 1. The van der Waals surface area contributed by atoms with Crippen LogP contribution in [0, 0.1) is 10.1 Å². The topological polar surface area (TPSA) is 85.2 Å². The van der Waals surface area contributed by atoms with Gasteiger partial charge in [-0.1, -0.05) is 12.1 Å². The van der Waals surface area contributed by atoms with E-state index in [1.54, 1.807) is 31.4 Å². The minimum absolute atomic E-state index is 0.0571. The van der Waals surface area contributed by atoms with Gasteiger partial charge < -0.3 is 9.72 Å². The van der Waals surface area contributed by atoms with Crippen LogP contribution in [-0.4, -0.2) is 23.3 Å². The molecule has 1 aromatic heterocycles. The lowest BCUT2D eigenvalue weighted by Gasteiger charge is -2.08. The van der Waals surface area contributed by atoms with E-state index in [0.29, 0.717) is 17.7 Å². The number of aromatic amines is 1. The summed E-state index contributed by atoms with van der Waals surface area (Å²) in [6.45, 7) is 0. The third-order valence-corrected chi connectivity index (χ3v) is 3.79. The number of hydrogen-bond acceptors (Lipinski definition) is 4. The van der Waals surface area contributed by atoms with E-state index >= 15 is 0 Å². The van der Waals surface area contributed by atoms with E-state index < -0.39 is 4.92 Å². The average Bonchev–Trinajstić information content (AvgIpc) is 2.97. The molecule has 0 aliphatic carbocycles. The number of nitrogens with one attached hydrogen (secondary N) is 1. The number of carbonyl (C=O) groups is 1. The Hall–Kier alpha value is -3.15. The van der Waals surface area contributed by atoms with Crippen molar-refractivity contribution in [1.82, 2.24) is 4.98 Å². The number of benzene rings is 2. The van der Waals surface area contributed by atoms with Crippen LogP contribution in [0.2, 0.25) is 0 Å². The zero-order chi connectivity index (χ0) is 16.4. The van der Waals surface area contributed by atoms with Crippen LogP contribution in [0.4, 0.5) is 5.69 Å². The molecule has 2 aromatic carbocycles. The fourth-order valence-electron chi connectivity index (χ4n) is 2.61. The van der Waals surface area contributed by atoms with Gasteiger partial charge in [0, 0.05) is 41.2 Å². The van der Waals surface area contributed by atoms with Gasteiger partial charge in [0.2, 0.25) is 0 Å². The molecule has 0 saturated heterocycles. The molecule has 0 spiro atoms. The molecule has 1 N–H and O–H groups in total. The highest BCUT2D eigenvalue weighted by molar-refractivity contribution is 5.86. The van der Waals surface area contributed by atoms with Gasteiger partial charge in [-0.2, -0.15) is 0 Å². The molecule has 0 saturated carbocycles. The van der Waals surface area contributed by atoms with Crippen LogP contribution in [0.5, 0.6) is 5.75 Å². The van der Waals surface area contributed by atoms with E-state index in [9.17, 15) is 14.9 Å². The highest BCUT2D eigenvalue weighted by Gasteiger charge is 2.13. The Bertz CT molecular complexity index is 899. The molecule has 1 heterocycles. The summed E-state index contributed by atoms with van der Waals surface area (Å²) < 4.78 is 5.33. The van der Waals surface area contributed by atoms with E-state index in [-0.39, 0.29) is 5.69 Å².